The maximum atomic E-state index is 9.41. The van der Waals surface area contributed by atoms with Gasteiger partial charge in [-0.3, -0.25) is 0 Å². The Bertz CT molecular complexity index is 271. The normalized spacial score (nSPS) is 29.2. The Morgan fingerprint density at radius 2 is 2.07 bits per heavy atom. The van der Waals surface area contributed by atoms with Crippen molar-refractivity contribution in [3.63, 3.8) is 0 Å². The molecule has 0 aliphatic heterocycles. The van der Waals surface area contributed by atoms with Crippen molar-refractivity contribution in [2.45, 2.75) is 47.1 Å². The van der Waals surface area contributed by atoms with Crippen LogP contribution < -0.4 is 0 Å². The van der Waals surface area contributed by atoms with Crippen molar-refractivity contribution in [1.82, 2.24) is 0 Å². The molecule has 1 N–H and O–H groups in total. The predicted octanol–water partition coefficient (Wildman–Crippen LogP) is 3.55. The summed E-state index contributed by atoms with van der Waals surface area (Å²) in [7, 11) is 0. The summed E-state index contributed by atoms with van der Waals surface area (Å²) in [5, 5.41) is 9.41. The van der Waals surface area contributed by atoms with Crippen LogP contribution in [-0.4, -0.2) is 11.2 Å². The smallest absolute Gasteiger partial charge is 0.0572 e. The zero-order valence-corrected chi connectivity index (χ0v) is 10.6. The molecule has 1 aliphatic carbocycles. The summed E-state index contributed by atoms with van der Waals surface area (Å²) in [6.07, 6.45) is 7.66. The van der Waals surface area contributed by atoms with Gasteiger partial charge in [0, 0.05) is 0 Å². The summed E-state index contributed by atoms with van der Waals surface area (Å²) < 4.78 is 0. The monoisotopic (exact) mass is 208 g/mol. The molecule has 1 heteroatoms. The molecule has 0 amide bonds. The zero-order chi connectivity index (χ0) is 11.6. The van der Waals surface area contributed by atoms with Crippen molar-refractivity contribution in [2.24, 2.45) is 17.3 Å². The van der Waals surface area contributed by atoms with Crippen LogP contribution >= 0.6 is 0 Å². The second-order valence-corrected chi connectivity index (χ2v) is 5.44. The molecule has 0 radical (unpaired) electrons. The number of hydrogen-bond acceptors (Lipinski definition) is 1. The van der Waals surface area contributed by atoms with Gasteiger partial charge in [-0.15, -0.1) is 0 Å². The Balaban J connectivity index is 2.62. The highest BCUT2D eigenvalue weighted by atomic mass is 16.3. The first-order valence-electron chi connectivity index (χ1n) is 5.89. The first kappa shape index (κ1) is 12.5. The number of hydrogen-bond donors (Lipinski definition) is 1. The molecule has 86 valence electrons. The molecule has 2 unspecified atom stereocenters. The largest absolute Gasteiger partial charge is 0.393 e. The van der Waals surface area contributed by atoms with E-state index in [-0.39, 0.29) is 17.4 Å². The molecule has 0 fully saturated rings. The molecule has 1 rings (SSSR count). The number of aliphatic hydroxyl groups is 1. The van der Waals surface area contributed by atoms with Gasteiger partial charge in [-0.1, -0.05) is 44.6 Å². The highest BCUT2D eigenvalue weighted by Crippen LogP contribution is 2.43. The molecule has 0 bridgehead atoms. The average Bonchev–Trinajstić information content (AvgIpc) is 2.39. The molecule has 0 saturated heterocycles. The minimum Gasteiger partial charge on any atom is -0.393 e. The topological polar surface area (TPSA) is 20.2 Å². The lowest BCUT2D eigenvalue weighted by Crippen LogP contribution is -2.19. The standard InChI is InChI=1S/C14H24O/c1-10(12(3)15)6-8-13-9-7-11(2)14(13,4)5/h6-8,10,12-13,15H,9H2,1-5H3/t10-,12?,13?/m0/s1. The highest BCUT2D eigenvalue weighted by Gasteiger charge is 2.32. The molecule has 15 heavy (non-hydrogen) atoms. The van der Waals surface area contributed by atoms with E-state index in [2.05, 4.69) is 45.9 Å². The highest BCUT2D eigenvalue weighted by molar-refractivity contribution is 5.22. The van der Waals surface area contributed by atoms with E-state index in [0.717, 1.165) is 6.42 Å². The van der Waals surface area contributed by atoms with E-state index in [4.69, 9.17) is 0 Å². The summed E-state index contributed by atoms with van der Waals surface area (Å²) >= 11 is 0. The van der Waals surface area contributed by atoms with Crippen LogP contribution in [0.5, 0.6) is 0 Å². The van der Waals surface area contributed by atoms with Crippen LogP contribution in [0.4, 0.5) is 0 Å². The van der Waals surface area contributed by atoms with Crippen LogP contribution in [0.25, 0.3) is 0 Å². The summed E-state index contributed by atoms with van der Waals surface area (Å²) in [5.74, 6) is 0.848. The second kappa shape index (κ2) is 4.52. The third kappa shape index (κ3) is 2.72. The van der Waals surface area contributed by atoms with Crippen molar-refractivity contribution >= 4 is 0 Å². The fourth-order valence-electron chi connectivity index (χ4n) is 1.94. The number of aliphatic hydroxyl groups excluding tert-OH is 1. The lowest BCUT2D eigenvalue weighted by Gasteiger charge is -2.27. The molecular formula is C14H24O. The Labute approximate surface area is 93.9 Å². The maximum Gasteiger partial charge on any atom is 0.0572 e. The van der Waals surface area contributed by atoms with E-state index < -0.39 is 0 Å². The first-order chi connectivity index (χ1) is 6.85. The van der Waals surface area contributed by atoms with Crippen LogP contribution in [0, 0.1) is 17.3 Å². The van der Waals surface area contributed by atoms with Gasteiger partial charge in [-0.05, 0) is 37.5 Å². The molecule has 1 nitrogen and oxygen atoms in total. The number of rotatable bonds is 3. The van der Waals surface area contributed by atoms with Gasteiger partial charge >= 0.3 is 0 Å². The third-order valence-electron chi connectivity index (χ3n) is 4.03. The molecule has 0 aromatic rings. The summed E-state index contributed by atoms with van der Waals surface area (Å²) in [6, 6.07) is 0. The molecule has 3 atom stereocenters. The van der Waals surface area contributed by atoms with E-state index in [1.54, 1.807) is 0 Å². The fraction of sp³-hybridized carbons (Fsp3) is 0.714. The van der Waals surface area contributed by atoms with Gasteiger partial charge in [0.15, 0.2) is 0 Å². The Hall–Kier alpha value is -0.560. The van der Waals surface area contributed by atoms with Gasteiger partial charge in [0.05, 0.1) is 6.10 Å². The van der Waals surface area contributed by atoms with Crippen molar-refractivity contribution in [3.05, 3.63) is 23.8 Å². The fourth-order valence-corrected chi connectivity index (χ4v) is 1.94. The van der Waals surface area contributed by atoms with Crippen molar-refractivity contribution in [1.29, 1.82) is 0 Å². The van der Waals surface area contributed by atoms with Crippen LogP contribution in [0.15, 0.2) is 23.8 Å². The summed E-state index contributed by atoms with van der Waals surface area (Å²) in [6.45, 7) is 10.7. The van der Waals surface area contributed by atoms with Gasteiger partial charge in [0.25, 0.3) is 0 Å². The van der Waals surface area contributed by atoms with Gasteiger partial charge in [-0.2, -0.15) is 0 Å². The van der Waals surface area contributed by atoms with E-state index in [1.165, 1.54) is 5.57 Å². The first-order valence-corrected chi connectivity index (χ1v) is 5.89. The van der Waals surface area contributed by atoms with E-state index in [1.807, 2.05) is 6.92 Å². The molecular weight excluding hydrogens is 184 g/mol. The lowest BCUT2D eigenvalue weighted by molar-refractivity contribution is 0.156. The van der Waals surface area contributed by atoms with Crippen molar-refractivity contribution in [3.8, 4) is 0 Å². The molecule has 0 saturated carbocycles. The Morgan fingerprint density at radius 1 is 1.47 bits per heavy atom. The zero-order valence-electron chi connectivity index (χ0n) is 10.6. The average molecular weight is 208 g/mol. The Morgan fingerprint density at radius 3 is 2.47 bits per heavy atom. The van der Waals surface area contributed by atoms with Crippen molar-refractivity contribution in [2.75, 3.05) is 0 Å². The quantitative estimate of drug-likeness (QED) is 0.703. The molecule has 0 heterocycles. The van der Waals surface area contributed by atoms with E-state index in [9.17, 15) is 5.11 Å². The minimum absolute atomic E-state index is 0.250. The second-order valence-electron chi connectivity index (χ2n) is 5.44. The summed E-state index contributed by atoms with van der Waals surface area (Å²) in [5.41, 5.74) is 1.77. The van der Waals surface area contributed by atoms with E-state index >= 15 is 0 Å². The molecule has 0 aromatic carbocycles. The van der Waals surface area contributed by atoms with Gasteiger partial charge in [0.1, 0.15) is 0 Å². The lowest BCUT2D eigenvalue weighted by atomic mass is 9.77. The maximum absolute atomic E-state index is 9.41. The molecule has 1 aliphatic rings. The third-order valence-corrected chi connectivity index (χ3v) is 4.03. The predicted molar refractivity (Wildman–Crippen MR) is 65.6 cm³/mol. The van der Waals surface area contributed by atoms with Gasteiger partial charge in [-0.25, -0.2) is 0 Å². The van der Waals surface area contributed by atoms with Gasteiger partial charge in [0.2, 0.25) is 0 Å². The van der Waals surface area contributed by atoms with Crippen LogP contribution in [-0.2, 0) is 0 Å². The van der Waals surface area contributed by atoms with Crippen LogP contribution in [0.2, 0.25) is 0 Å². The Kier molecular flexibility index (Phi) is 3.77. The number of allylic oxidation sites excluding steroid dienone is 3. The van der Waals surface area contributed by atoms with Crippen LogP contribution in [0.1, 0.15) is 41.0 Å². The SMILES string of the molecule is CC1=CCC(C=C[C@H](C)C(C)O)C1(C)C. The van der Waals surface area contributed by atoms with Crippen LogP contribution in [0.3, 0.4) is 0 Å². The van der Waals surface area contributed by atoms with Gasteiger partial charge < -0.3 is 5.11 Å². The summed E-state index contributed by atoms with van der Waals surface area (Å²) in [4.78, 5) is 0. The molecule has 0 aromatic heterocycles. The van der Waals surface area contributed by atoms with E-state index in [0.29, 0.717) is 5.92 Å². The van der Waals surface area contributed by atoms with Crippen molar-refractivity contribution < 1.29 is 5.11 Å². The minimum atomic E-state index is -0.250. The molecule has 0 spiro atoms.